The van der Waals surface area contributed by atoms with Crippen LogP contribution >= 0.6 is 0 Å². The molecule has 0 aliphatic carbocycles. The maximum Gasteiger partial charge on any atom is 0.306 e. The Morgan fingerprint density at radius 2 is 2.05 bits per heavy atom. The van der Waals surface area contributed by atoms with Gasteiger partial charge in [0.1, 0.15) is 0 Å². The quantitative estimate of drug-likeness (QED) is 0.739. The van der Waals surface area contributed by atoms with Crippen molar-refractivity contribution < 1.29 is 18.8 Å². The van der Waals surface area contributed by atoms with Crippen LogP contribution in [0.2, 0.25) is 0 Å². The summed E-state index contributed by atoms with van der Waals surface area (Å²) in [5.74, 6) is -0.0126. The second kappa shape index (κ2) is 6.51. The van der Waals surface area contributed by atoms with Gasteiger partial charge in [-0.1, -0.05) is 5.16 Å². The van der Waals surface area contributed by atoms with Crippen LogP contribution in [0.3, 0.4) is 0 Å². The molecule has 110 valence electrons. The number of hydrogen-bond acceptors (Lipinski definition) is 6. The van der Waals surface area contributed by atoms with Gasteiger partial charge in [-0.2, -0.15) is 0 Å². The van der Waals surface area contributed by atoms with Gasteiger partial charge in [-0.05, 0) is 6.92 Å². The smallest absolute Gasteiger partial charge is 0.306 e. The van der Waals surface area contributed by atoms with Crippen LogP contribution in [0.4, 0.5) is 0 Å². The Morgan fingerprint density at radius 3 is 2.60 bits per heavy atom. The molecule has 0 atom stereocenters. The van der Waals surface area contributed by atoms with Gasteiger partial charge in [0.2, 0.25) is 5.76 Å². The predicted molar refractivity (Wildman–Crippen MR) is 70.2 cm³/mol. The van der Waals surface area contributed by atoms with E-state index in [1.165, 1.54) is 7.11 Å². The Hall–Kier alpha value is -1.89. The Balaban J connectivity index is 1.81. The van der Waals surface area contributed by atoms with E-state index in [9.17, 15) is 9.59 Å². The van der Waals surface area contributed by atoms with Crippen molar-refractivity contribution in [2.45, 2.75) is 13.3 Å². The first-order valence-electron chi connectivity index (χ1n) is 6.61. The van der Waals surface area contributed by atoms with Crippen LogP contribution in [0.5, 0.6) is 0 Å². The second-order valence-electron chi connectivity index (χ2n) is 4.80. The average molecular weight is 281 g/mol. The summed E-state index contributed by atoms with van der Waals surface area (Å²) in [6, 6.07) is 0. The van der Waals surface area contributed by atoms with Crippen LogP contribution in [0.25, 0.3) is 0 Å². The summed E-state index contributed by atoms with van der Waals surface area (Å²) in [6.45, 7) is 5.21. The first kappa shape index (κ1) is 14.5. The van der Waals surface area contributed by atoms with Gasteiger partial charge in [0.05, 0.1) is 19.7 Å². The monoisotopic (exact) mass is 281 g/mol. The topological polar surface area (TPSA) is 75.9 Å². The highest BCUT2D eigenvalue weighted by Gasteiger charge is 2.25. The molecule has 1 aliphatic rings. The van der Waals surface area contributed by atoms with Gasteiger partial charge in [0.15, 0.2) is 0 Å². The van der Waals surface area contributed by atoms with Crippen LogP contribution < -0.4 is 0 Å². The maximum absolute atomic E-state index is 12.2. The van der Waals surface area contributed by atoms with Gasteiger partial charge < -0.3 is 14.2 Å². The molecule has 7 heteroatoms. The number of methoxy groups -OCH3 is 1. The van der Waals surface area contributed by atoms with Gasteiger partial charge in [-0.3, -0.25) is 14.5 Å². The highest BCUT2D eigenvalue weighted by atomic mass is 16.5. The lowest BCUT2D eigenvalue weighted by Gasteiger charge is -2.34. The van der Waals surface area contributed by atoms with E-state index < -0.39 is 0 Å². The Labute approximate surface area is 117 Å². The molecular formula is C13H19N3O4. The van der Waals surface area contributed by atoms with Gasteiger partial charge in [-0.25, -0.2) is 0 Å². The van der Waals surface area contributed by atoms with Crippen molar-refractivity contribution >= 4 is 11.9 Å². The third-order valence-electron chi connectivity index (χ3n) is 3.46. The van der Waals surface area contributed by atoms with Crippen LogP contribution in [-0.4, -0.2) is 66.7 Å². The molecule has 0 N–H and O–H groups in total. The fraction of sp³-hybridized carbons (Fsp3) is 0.615. The maximum atomic E-state index is 12.2. The number of esters is 1. The molecule has 2 rings (SSSR count). The molecule has 2 heterocycles. The molecule has 1 aromatic heterocycles. The number of aryl methyl sites for hydroxylation is 1. The standard InChI is InChI=1S/C13H19N3O4/c1-10-9-14-20-12(10)13(18)16-7-5-15(6-8-16)4-3-11(17)19-2/h9H,3-8H2,1-2H3. The fourth-order valence-electron chi connectivity index (χ4n) is 2.17. The van der Waals surface area contributed by atoms with E-state index in [0.717, 1.165) is 18.7 Å². The minimum absolute atomic E-state index is 0.118. The normalized spacial score (nSPS) is 16.2. The van der Waals surface area contributed by atoms with Crippen LogP contribution in [0.15, 0.2) is 10.7 Å². The molecule has 0 radical (unpaired) electrons. The molecule has 0 spiro atoms. The predicted octanol–water partition coefficient (Wildman–Crippen LogP) is 0.304. The van der Waals surface area contributed by atoms with E-state index in [0.29, 0.717) is 31.8 Å². The van der Waals surface area contributed by atoms with Crippen molar-refractivity contribution in [2.24, 2.45) is 0 Å². The minimum atomic E-state index is -0.208. The molecule has 0 unspecified atom stereocenters. The second-order valence-corrected chi connectivity index (χ2v) is 4.80. The van der Waals surface area contributed by atoms with E-state index in [2.05, 4.69) is 14.8 Å². The van der Waals surface area contributed by atoms with Crippen molar-refractivity contribution in [1.29, 1.82) is 0 Å². The number of amides is 1. The zero-order chi connectivity index (χ0) is 14.5. The van der Waals surface area contributed by atoms with E-state index in [4.69, 9.17) is 4.52 Å². The molecule has 0 saturated carbocycles. The van der Waals surface area contributed by atoms with Gasteiger partial charge in [-0.15, -0.1) is 0 Å². The minimum Gasteiger partial charge on any atom is -0.469 e. The lowest BCUT2D eigenvalue weighted by atomic mass is 10.2. The number of carbonyl (C=O) groups is 2. The SMILES string of the molecule is COC(=O)CCN1CCN(C(=O)c2oncc2C)CC1. The summed E-state index contributed by atoms with van der Waals surface area (Å²) in [6.07, 6.45) is 1.92. The largest absolute Gasteiger partial charge is 0.469 e. The lowest BCUT2D eigenvalue weighted by Crippen LogP contribution is -2.49. The van der Waals surface area contributed by atoms with Crippen LogP contribution in [-0.2, 0) is 9.53 Å². The lowest BCUT2D eigenvalue weighted by molar-refractivity contribution is -0.141. The first-order chi connectivity index (χ1) is 9.61. The van der Waals surface area contributed by atoms with Gasteiger partial charge in [0, 0.05) is 38.3 Å². The summed E-state index contributed by atoms with van der Waals surface area (Å²) < 4.78 is 9.60. The molecule has 7 nitrogen and oxygen atoms in total. The summed E-state index contributed by atoms with van der Waals surface area (Å²) in [5.41, 5.74) is 0.753. The molecule has 1 aromatic rings. The molecule has 1 aliphatic heterocycles. The number of carbonyl (C=O) groups excluding carboxylic acids is 2. The van der Waals surface area contributed by atoms with Crippen LogP contribution in [0.1, 0.15) is 22.5 Å². The third kappa shape index (κ3) is 3.36. The fourth-order valence-corrected chi connectivity index (χ4v) is 2.17. The molecule has 0 aromatic carbocycles. The van der Waals surface area contributed by atoms with Crippen molar-refractivity contribution in [3.05, 3.63) is 17.5 Å². The van der Waals surface area contributed by atoms with E-state index in [-0.39, 0.29) is 11.9 Å². The number of hydrogen-bond donors (Lipinski definition) is 0. The number of ether oxygens (including phenoxy) is 1. The first-order valence-corrected chi connectivity index (χ1v) is 6.61. The van der Waals surface area contributed by atoms with Crippen molar-refractivity contribution in [1.82, 2.24) is 15.0 Å². The summed E-state index contributed by atoms with van der Waals surface area (Å²) in [4.78, 5) is 27.2. The highest BCUT2D eigenvalue weighted by molar-refractivity contribution is 5.92. The number of piperazine rings is 1. The average Bonchev–Trinajstić information content (AvgIpc) is 2.90. The van der Waals surface area contributed by atoms with E-state index >= 15 is 0 Å². The molecule has 1 amide bonds. The van der Waals surface area contributed by atoms with Gasteiger partial charge in [0.25, 0.3) is 5.91 Å². The summed E-state index contributed by atoms with van der Waals surface area (Å²) in [5, 5.41) is 3.63. The number of nitrogens with zero attached hydrogens (tertiary/aromatic N) is 3. The number of rotatable bonds is 4. The van der Waals surface area contributed by atoms with E-state index in [1.807, 2.05) is 0 Å². The molecular weight excluding hydrogens is 262 g/mol. The summed E-state index contributed by atoms with van der Waals surface area (Å²) in [7, 11) is 1.39. The third-order valence-corrected chi connectivity index (χ3v) is 3.46. The highest BCUT2D eigenvalue weighted by Crippen LogP contribution is 2.12. The molecule has 20 heavy (non-hydrogen) atoms. The molecule has 0 bridgehead atoms. The van der Waals surface area contributed by atoms with Crippen molar-refractivity contribution in [3.8, 4) is 0 Å². The molecule has 1 fully saturated rings. The van der Waals surface area contributed by atoms with Gasteiger partial charge >= 0.3 is 5.97 Å². The zero-order valence-electron chi connectivity index (χ0n) is 11.8. The Kier molecular flexibility index (Phi) is 4.73. The van der Waals surface area contributed by atoms with Crippen molar-refractivity contribution in [2.75, 3.05) is 39.8 Å². The Bertz CT molecular complexity index is 478. The number of aromatic nitrogens is 1. The molecule has 1 saturated heterocycles. The Morgan fingerprint density at radius 1 is 1.35 bits per heavy atom. The summed E-state index contributed by atoms with van der Waals surface area (Å²) >= 11 is 0. The zero-order valence-corrected chi connectivity index (χ0v) is 11.8. The van der Waals surface area contributed by atoms with Crippen LogP contribution in [0, 0.1) is 6.92 Å². The van der Waals surface area contributed by atoms with E-state index in [1.54, 1.807) is 18.0 Å². The van der Waals surface area contributed by atoms with Crippen molar-refractivity contribution in [3.63, 3.8) is 0 Å².